The molecule has 1 aromatic heterocycles. The standard InChI is InChI=1S/C17H18FN3O3/c18-12-2-1-3-13-11(12)6-14(20-13)15(22)21-7-10-8-24-5-4-17(10,9-21)16(19)23/h1-3,6,10,20H,4-5,7-9H2,(H2,19,23)/t10-,17+/m1/s1. The van der Waals surface area contributed by atoms with Gasteiger partial charge in [-0.05, 0) is 24.6 Å². The van der Waals surface area contributed by atoms with Crippen molar-refractivity contribution in [3.63, 3.8) is 0 Å². The fourth-order valence-electron chi connectivity index (χ4n) is 3.91. The third kappa shape index (κ3) is 2.11. The van der Waals surface area contributed by atoms with E-state index in [9.17, 15) is 14.0 Å². The van der Waals surface area contributed by atoms with Crippen LogP contribution in [0.3, 0.4) is 0 Å². The van der Waals surface area contributed by atoms with Crippen LogP contribution < -0.4 is 5.73 Å². The quantitative estimate of drug-likeness (QED) is 0.868. The van der Waals surface area contributed by atoms with Gasteiger partial charge in [-0.3, -0.25) is 9.59 Å². The van der Waals surface area contributed by atoms with Crippen molar-refractivity contribution in [3.05, 3.63) is 35.8 Å². The Labute approximate surface area is 137 Å². The summed E-state index contributed by atoms with van der Waals surface area (Å²) in [5, 5.41) is 0.380. The van der Waals surface area contributed by atoms with Gasteiger partial charge in [-0.15, -0.1) is 0 Å². The molecule has 0 aliphatic carbocycles. The monoisotopic (exact) mass is 331 g/mol. The van der Waals surface area contributed by atoms with Gasteiger partial charge in [0.15, 0.2) is 0 Å². The number of hydrogen-bond acceptors (Lipinski definition) is 3. The number of H-pyrrole nitrogens is 1. The van der Waals surface area contributed by atoms with Gasteiger partial charge >= 0.3 is 0 Å². The number of carbonyl (C=O) groups excluding carboxylic acids is 2. The second kappa shape index (κ2) is 5.31. The van der Waals surface area contributed by atoms with Crippen molar-refractivity contribution >= 4 is 22.7 Å². The van der Waals surface area contributed by atoms with Gasteiger partial charge in [0.25, 0.3) is 5.91 Å². The molecule has 3 N–H and O–H groups in total. The van der Waals surface area contributed by atoms with Gasteiger partial charge in [0.1, 0.15) is 11.5 Å². The summed E-state index contributed by atoms with van der Waals surface area (Å²) in [5.41, 5.74) is 5.80. The summed E-state index contributed by atoms with van der Waals surface area (Å²) in [6.45, 7) is 1.60. The van der Waals surface area contributed by atoms with Crippen molar-refractivity contribution in [3.8, 4) is 0 Å². The zero-order valence-electron chi connectivity index (χ0n) is 13.0. The molecule has 4 rings (SSSR count). The Morgan fingerprint density at radius 2 is 2.25 bits per heavy atom. The summed E-state index contributed by atoms with van der Waals surface area (Å²) >= 11 is 0. The molecule has 2 aliphatic rings. The van der Waals surface area contributed by atoms with Crippen LogP contribution in [0.2, 0.25) is 0 Å². The number of hydrogen-bond donors (Lipinski definition) is 2. The highest BCUT2D eigenvalue weighted by atomic mass is 19.1. The maximum Gasteiger partial charge on any atom is 0.270 e. The first-order valence-corrected chi connectivity index (χ1v) is 7.95. The highest BCUT2D eigenvalue weighted by molar-refractivity contribution is 5.99. The molecule has 0 spiro atoms. The number of aromatic nitrogens is 1. The molecule has 2 amide bonds. The predicted molar refractivity (Wildman–Crippen MR) is 84.7 cm³/mol. The molecule has 0 saturated carbocycles. The lowest BCUT2D eigenvalue weighted by atomic mass is 9.74. The summed E-state index contributed by atoms with van der Waals surface area (Å²) in [7, 11) is 0. The molecule has 2 aromatic rings. The van der Waals surface area contributed by atoms with E-state index in [1.807, 2.05) is 0 Å². The Kier molecular flexibility index (Phi) is 3.35. The number of benzene rings is 1. The first-order valence-electron chi connectivity index (χ1n) is 7.95. The summed E-state index contributed by atoms with van der Waals surface area (Å²) in [6.07, 6.45) is 0.526. The molecule has 2 saturated heterocycles. The average Bonchev–Trinajstić information content (AvgIpc) is 3.17. The Bertz CT molecular complexity index is 834. The zero-order chi connectivity index (χ0) is 16.9. The minimum absolute atomic E-state index is 0.0891. The zero-order valence-corrected chi connectivity index (χ0v) is 13.0. The van der Waals surface area contributed by atoms with Crippen molar-refractivity contribution < 1.29 is 18.7 Å². The van der Waals surface area contributed by atoms with E-state index in [2.05, 4.69) is 4.98 Å². The Hall–Kier alpha value is -2.41. The van der Waals surface area contributed by atoms with Crippen LogP contribution in [0, 0.1) is 17.2 Å². The molecule has 7 heteroatoms. The maximum absolute atomic E-state index is 13.8. The number of fused-ring (bicyclic) bond motifs is 2. The van der Waals surface area contributed by atoms with Gasteiger partial charge < -0.3 is 20.4 Å². The van der Waals surface area contributed by atoms with Crippen molar-refractivity contribution in [2.45, 2.75) is 6.42 Å². The van der Waals surface area contributed by atoms with Crippen molar-refractivity contribution in [1.29, 1.82) is 0 Å². The minimum Gasteiger partial charge on any atom is -0.381 e. The SMILES string of the molecule is NC(=O)[C@]12CCOC[C@H]1CN(C(=O)c1cc3c(F)cccc3[nH]1)C2. The van der Waals surface area contributed by atoms with E-state index in [0.717, 1.165) is 0 Å². The topological polar surface area (TPSA) is 88.4 Å². The van der Waals surface area contributed by atoms with Crippen molar-refractivity contribution in [1.82, 2.24) is 9.88 Å². The number of nitrogens with zero attached hydrogens (tertiary/aromatic N) is 1. The van der Waals surface area contributed by atoms with Crippen LogP contribution in [0.15, 0.2) is 24.3 Å². The van der Waals surface area contributed by atoms with Crippen LogP contribution in [-0.2, 0) is 9.53 Å². The summed E-state index contributed by atoms with van der Waals surface area (Å²) < 4.78 is 19.3. The number of ether oxygens (including phenoxy) is 1. The number of amides is 2. The van der Waals surface area contributed by atoms with Crippen molar-refractivity contribution in [2.75, 3.05) is 26.3 Å². The minimum atomic E-state index is -0.717. The van der Waals surface area contributed by atoms with Crippen LogP contribution in [0.1, 0.15) is 16.9 Å². The van der Waals surface area contributed by atoms with Gasteiger partial charge in [-0.1, -0.05) is 6.07 Å². The Morgan fingerprint density at radius 1 is 1.42 bits per heavy atom. The van der Waals surface area contributed by atoms with Crippen LogP contribution in [0.25, 0.3) is 10.9 Å². The lowest BCUT2D eigenvalue weighted by Crippen LogP contribution is -2.48. The van der Waals surface area contributed by atoms with Crippen LogP contribution in [0.4, 0.5) is 4.39 Å². The fraction of sp³-hybridized carbons (Fsp3) is 0.412. The van der Waals surface area contributed by atoms with Gasteiger partial charge in [0, 0.05) is 36.5 Å². The Balaban J connectivity index is 1.65. The van der Waals surface area contributed by atoms with Gasteiger partial charge in [0.05, 0.1) is 12.0 Å². The molecule has 3 heterocycles. The molecule has 0 radical (unpaired) electrons. The molecule has 0 bridgehead atoms. The number of rotatable bonds is 2. The van der Waals surface area contributed by atoms with E-state index in [-0.39, 0.29) is 30.1 Å². The largest absolute Gasteiger partial charge is 0.381 e. The van der Waals surface area contributed by atoms with Crippen LogP contribution >= 0.6 is 0 Å². The molecule has 2 atom stereocenters. The molecule has 126 valence electrons. The normalized spacial score (nSPS) is 26.5. The van der Waals surface area contributed by atoms with E-state index in [1.165, 1.54) is 12.1 Å². The van der Waals surface area contributed by atoms with Crippen LogP contribution in [0.5, 0.6) is 0 Å². The number of likely N-dealkylation sites (tertiary alicyclic amines) is 1. The lowest BCUT2D eigenvalue weighted by Gasteiger charge is -2.34. The second-order valence-electron chi connectivity index (χ2n) is 6.61. The maximum atomic E-state index is 13.8. The Morgan fingerprint density at radius 3 is 2.96 bits per heavy atom. The summed E-state index contributed by atoms with van der Waals surface area (Å²) in [4.78, 5) is 29.4. The van der Waals surface area contributed by atoms with E-state index < -0.39 is 5.41 Å². The molecule has 0 unspecified atom stereocenters. The third-order valence-electron chi connectivity index (χ3n) is 5.33. The predicted octanol–water partition coefficient (Wildman–Crippen LogP) is 1.27. The second-order valence-corrected chi connectivity index (χ2v) is 6.61. The van der Waals surface area contributed by atoms with E-state index in [0.29, 0.717) is 42.8 Å². The van der Waals surface area contributed by atoms with E-state index in [1.54, 1.807) is 17.0 Å². The van der Waals surface area contributed by atoms with Gasteiger partial charge in [-0.25, -0.2) is 4.39 Å². The number of carbonyl (C=O) groups is 2. The molecule has 1 aromatic carbocycles. The molecular formula is C17H18FN3O3. The lowest BCUT2D eigenvalue weighted by molar-refractivity contribution is -0.135. The average molecular weight is 331 g/mol. The first-order chi connectivity index (χ1) is 11.5. The molecule has 2 aliphatic heterocycles. The van der Waals surface area contributed by atoms with E-state index >= 15 is 0 Å². The molecule has 2 fully saturated rings. The smallest absolute Gasteiger partial charge is 0.270 e. The van der Waals surface area contributed by atoms with Crippen molar-refractivity contribution in [2.24, 2.45) is 17.1 Å². The fourth-order valence-corrected chi connectivity index (χ4v) is 3.91. The van der Waals surface area contributed by atoms with Crippen LogP contribution in [-0.4, -0.2) is 48.0 Å². The highest BCUT2D eigenvalue weighted by Gasteiger charge is 2.53. The summed E-state index contributed by atoms with van der Waals surface area (Å²) in [5.74, 6) is -1.09. The molecule has 24 heavy (non-hydrogen) atoms. The van der Waals surface area contributed by atoms with E-state index in [4.69, 9.17) is 10.5 Å². The highest BCUT2D eigenvalue weighted by Crippen LogP contribution is 2.42. The molecule has 6 nitrogen and oxygen atoms in total. The number of aromatic amines is 1. The third-order valence-corrected chi connectivity index (χ3v) is 5.33. The first kappa shape index (κ1) is 15.1. The van der Waals surface area contributed by atoms with Gasteiger partial charge in [0.2, 0.25) is 5.91 Å². The summed E-state index contributed by atoms with van der Waals surface area (Å²) in [6, 6.07) is 6.18. The number of halogens is 1. The number of nitrogens with two attached hydrogens (primary N) is 1. The molecular weight excluding hydrogens is 313 g/mol. The number of primary amides is 1. The van der Waals surface area contributed by atoms with Gasteiger partial charge in [-0.2, -0.15) is 0 Å². The number of nitrogens with one attached hydrogen (secondary N) is 1.